The number of rotatable bonds is 8. The van der Waals surface area contributed by atoms with Crippen LogP contribution in [0.2, 0.25) is 0 Å². The predicted octanol–water partition coefficient (Wildman–Crippen LogP) is 5.73. The number of amides is 1. The zero-order valence-corrected chi connectivity index (χ0v) is 22.2. The van der Waals surface area contributed by atoms with E-state index in [1.54, 1.807) is 77.4 Å². The molecule has 7 nitrogen and oxygen atoms in total. The third kappa shape index (κ3) is 4.98. The molecule has 0 aliphatic carbocycles. The number of fused-ring (bicyclic) bond motifs is 1. The number of hydrogen-bond donors (Lipinski definition) is 1. The van der Waals surface area contributed by atoms with Gasteiger partial charge < -0.3 is 5.32 Å². The largest absolute Gasteiger partial charge is 0.322 e. The fourth-order valence-corrected chi connectivity index (χ4v) is 6.78. The van der Waals surface area contributed by atoms with Crippen LogP contribution in [-0.4, -0.2) is 18.9 Å². The van der Waals surface area contributed by atoms with E-state index in [2.05, 4.69) is 5.32 Å². The molecule has 1 N–H and O–H groups in total. The molecule has 0 fully saturated rings. The van der Waals surface area contributed by atoms with Crippen LogP contribution in [0.15, 0.2) is 113 Å². The Hall–Kier alpha value is -4.21. The summed E-state index contributed by atoms with van der Waals surface area (Å²) in [4.78, 5) is 25.8. The number of sulfonamides is 1. The summed E-state index contributed by atoms with van der Waals surface area (Å²) in [6.45, 7) is 2.52. The topological polar surface area (TPSA) is 88.5 Å². The Balaban J connectivity index is 1.54. The molecule has 0 saturated heterocycles. The number of benzene rings is 4. The number of nitrogens with one attached hydrogen (secondary N) is 1. The van der Waals surface area contributed by atoms with Crippen LogP contribution in [0.4, 0.5) is 11.4 Å². The van der Waals surface area contributed by atoms with Gasteiger partial charge in [0.15, 0.2) is 0 Å². The molecule has 0 aliphatic rings. The first kappa shape index (κ1) is 25.4. The lowest BCUT2D eigenvalue weighted by molar-refractivity contribution is 0.102. The summed E-state index contributed by atoms with van der Waals surface area (Å²) in [5, 5.41) is 2.88. The van der Waals surface area contributed by atoms with Gasteiger partial charge in [-0.3, -0.25) is 18.5 Å². The number of para-hydroxylation sites is 1. The average molecular weight is 544 g/mol. The molecule has 0 atom stereocenters. The number of carbonyl (C=O) groups is 1. The van der Waals surface area contributed by atoms with E-state index in [0.717, 1.165) is 27.1 Å². The van der Waals surface area contributed by atoms with Gasteiger partial charge in [0, 0.05) is 12.2 Å². The van der Waals surface area contributed by atoms with Crippen LogP contribution < -0.4 is 14.5 Å². The molecule has 9 heteroatoms. The zero-order valence-electron chi connectivity index (χ0n) is 20.6. The van der Waals surface area contributed by atoms with Gasteiger partial charge in [0.05, 0.1) is 32.9 Å². The Kier molecular flexibility index (Phi) is 7.13. The van der Waals surface area contributed by atoms with Crippen molar-refractivity contribution in [1.82, 2.24) is 4.57 Å². The standard InChI is InChI=1S/C29H25N3O4S2/c1-2-31-26-18-17-22(19-27(26)37-29(31)34)30-28(33)24-15-9-10-16-25(24)32(20-21-11-5-3-6-12-21)38(35,36)23-13-7-4-8-14-23/h3-19H,2,20H2,1H3,(H,30,33). The summed E-state index contributed by atoms with van der Waals surface area (Å²) in [6, 6.07) is 29.4. The van der Waals surface area contributed by atoms with Crippen molar-refractivity contribution in [2.24, 2.45) is 0 Å². The summed E-state index contributed by atoms with van der Waals surface area (Å²) >= 11 is 1.12. The molecule has 0 bridgehead atoms. The van der Waals surface area contributed by atoms with Gasteiger partial charge >= 0.3 is 4.87 Å². The van der Waals surface area contributed by atoms with Crippen molar-refractivity contribution in [3.05, 3.63) is 124 Å². The number of hydrogen-bond acceptors (Lipinski definition) is 5. The Morgan fingerprint density at radius 1 is 0.895 bits per heavy atom. The third-order valence-corrected chi connectivity index (χ3v) is 8.88. The molecule has 0 unspecified atom stereocenters. The van der Waals surface area contributed by atoms with Gasteiger partial charge in [-0.15, -0.1) is 0 Å². The fourth-order valence-electron chi connectivity index (χ4n) is 4.29. The highest BCUT2D eigenvalue weighted by molar-refractivity contribution is 7.92. The maximum atomic E-state index is 13.8. The minimum absolute atomic E-state index is 0.0484. The normalized spacial score (nSPS) is 11.4. The number of thiazole rings is 1. The maximum absolute atomic E-state index is 13.8. The molecule has 0 aliphatic heterocycles. The molecule has 1 heterocycles. The summed E-state index contributed by atoms with van der Waals surface area (Å²) in [5.74, 6) is -0.455. The van der Waals surface area contributed by atoms with Crippen LogP contribution in [0.1, 0.15) is 22.8 Å². The van der Waals surface area contributed by atoms with Gasteiger partial charge in [0.2, 0.25) is 0 Å². The van der Waals surface area contributed by atoms with E-state index in [0.29, 0.717) is 12.2 Å². The molecular weight excluding hydrogens is 518 g/mol. The second kappa shape index (κ2) is 10.6. The number of aromatic nitrogens is 1. The zero-order chi connectivity index (χ0) is 26.7. The molecule has 192 valence electrons. The minimum atomic E-state index is -4.00. The third-order valence-electron chi connectivity index (χ3n) is 6.16. The number of nitrogens with zero attached hydrogens (tertiary/aromatic N) is 2. The number of aryl methyl sites for hydroxylation is 1. The Morgan fingerprint density at radius 3 is 2.26 bits per heavy atom. The van der Waals surface area contributed by atoms with E-state index in [4.69, 9.17) is 0 Å². The molecule has 5 aromatic rings. The van der Waals surface area contributed by atoms with Gasteiger partial charge in [-0.05, 0) is 55.0 Å². The molecule has 1 amide bonds. The van der Waals surface area contributed by atoms with Crippen molar-refractivity contribution in [3.8, 4) is 0 Å². The van der Waals surface area contributed by atoms with E-state index in [1.165, 1.54) is 4.31 Å². The van der Waals surface area contributed by atoms with E-state index in [9.17, 15) is 18.0 Å². The molecule has 0 saturated carbocycles. The Morgan fingerprint density at radius 2 is 1.55 bits per heavy atom. The van der Waals surface area contributed by atoms with Crippen molar-refractivity contribution in [1.29, 1.82) is 0 Å². The van der Waals surface area contributed by atoms with Gasteiger partial charge in [-0.1, -0.05) is 72.0 Å². The molecular formula is C29H25N3O4S2. The smallest absolute Gasteiger partial charge is 0.308 e. The highest BCUT2D eigenvalue weighted by Crippen LogP contribution is 2.30. The molecule has 1 aromatic heterocycles. The van der Waals surface area contributed by atoms with E-state index in [-0.39, 0.29) is 27.6 Å². The van der Waals surface area contributed by atoms with Gasteiger partial charge in [-0.25, -0.2) is 8.42 Å². The summed E-state index contributed by atoms with van der Waals surface area (Å²) < 4.78 is 31.4. The summed E-state index contributed by atoms with van der Waals surface area (Å²) in [6.07, 6.45) is 0. The van der Waals surface area contributed by atoms with Crippen LogP contribution in [0.5, 0.6) is 0 Å². The Labute approximate surface area is 224 Å². The summed E-state index contributed by atoms with van der Waals surface area (Å²) in [7, 11) is -4.00. The molecule has 5 rings (SSSR count). The molecule has 4 aromatic carbocycles. The Bertz CT molecular complexity index is 1760. The van der Waals surface area contributed by atoms with E-state index < -0.39 is 15.9 Å². The molecule has 0 radical (unpaired) electrons. The lowest BCUT2D eigenvalue weighted by atomic mass is 10.1. The van der Waals surface area contributed by atoms with Gasteiger partial charge in [0.25, 0.3) is 15.9 Å². The van der Waals surface area contributed by atoms with Crippen molar-refractivity contribution in [3.63, 3.8) is 0 Å². The predicted molar refractivity (Wildman–Crippen MR) is 152 cm³/mol. The quantitative estimate of drug-likeness (QED) is 0.271. The van der Waals surface area contributed by atoms with Crippen molar-refractivity contribution >= 4 is 48.9 Å². The summed E-state index contributed by atoms with van der Waals surface area (Å²) in [5.41, 5.74) is 2.58. The van der Waals surface area contributed by atoms with Crippen molar-refractivity contribution < 1.29 is 13.2 Å². The van der Waals surface area contributed by atoms with Crippen molar-refractivity contribution in [2.45, 2.75) is 24.9 Å². The minimum Gasteiger partial charge on any atom is -0.322 e. The van der Waals surface area contributed by atoms with Crippen LogP contribution in [0.25, 0.3) is 10.2 Å². The monoisotopic (exact) mass is 543 g/mol. The second-order valence-corrected chi connectivity index (χ2v) is 11.4. The average Bonchev–Trinajstić information content (AvgIpc) is 3.26. The van der Waals surface area contributed by atoms with Crippen LogP contribution in [0, 0.1) is 0 Å². The lowest BCUT2D eigenvalue weighted by Crippen LogP contribution is -2.32. The van der Waals surface area contributed by atoms with Gasteiger partial charge in [-0.2, -0.15) is 0 Å². The van der Waals surface area contributed by atoms with Crippen LogP contribution in [-0.2, 0) is 23.1 Å². The maximum Gasteiger partial charge on any atom is 0.308 e. The van der Waals surface area contributed by atoms with E-state index >= 15 is 0 Å². The SMILES string of the molecule is CCn1c(=O)sc2cc(NC(=O)c3ccccc3N(Cc3ccccc3)S(=O)(=O)c3ccccc3)ccc21. The highest BCUT2D eigenvalue weighted by atomic mass is 32.2. The first-order valence-electron chi connectivity index (χ1n) is 12.0. The highest BCUT2D eigenvalue weighted by Gasteiger charge is 2.28. The number of anilines is 2. The first-order chi connectivity index (χ1) is 18.4. The molecule has 0 spiro atoms. The lowest BCUT2D eigenvalue weighted by Gasteiger charge is -2.26. The van der Waals surface area contributed by atoms with Crippen molar-refractivity contribution in [2.75, 3.05) is 9.62 Å². The molecule has 38 heavy (non-hydrogen) atoms. The van der Waals surface area contributed by atoms with Crippen LogP contribution in [0.3, 0.4) is 0 Å². The fraction of sp³-hybridized carbons (Fsp3) is 0.103. The first-order valence-corrected chi connectivity index (χ1v) is 14.3. The second-order valence-electron chi connectivity index (χ2n) is 8.58. The van der Waals surface area contributed by atoms with E-state index in [1.807, 2.05) is 37.3 Å². The van der Waals surface area contributed by atoms with Gasteiger partial charge in [0.1, 0.15) is 0 Å². The number of carbonyl (C=O) groups excluding carboxylic acids is 1. The van der Waals surface area contributed by atoms with Crippen LogP contribution >= 0.6 is 11.3 Å².